The maximum absolute atomic E-state index is 13.2. The lowest BCUT2D eigenvalue weighted by molar-refractivity contribution is 0.587. The van der Waals surface area contributed by atoms with Crippen LogP contribution in [0.4, 0.5) is 4.39 Å². The third-order valence-corrected chi connectivity index (χ3v) is 3.86. The van der Waals surface area contributed by atoms with E-state index in [-0.39, 0.29) is 21.6 Å². The van der Waals surface area contributed by atoms with E-state index in [0.717, 1.165) is 24.1 Å². The molecule has 0 bridgehead atoms. The predicted octanol–water partition coefficient (Wildman–Crippen LogP) is 2.01. The smallest absolute Gasteiger partial charge is 0.156 e. The molecule has 84 valence electrons. The minimum Gasteiger partial charge on any atom is -0.245 e. The summed E-state index contributed by atoms with van der Waals surface area (Å²) in [6, 6.07) is 1.15. The highest BCUT2D eigenvalue weighted by atomic mass is 35.5. The number of hydrogen-bond acceptors (Lipinski definition) is 4. The minimum atomic E-state index is -3.01. The standard InChI is InChI=1S/C8H9ClFNO2S2/c1-15(12,13)3-2-14-8-7(10)4-6(9)5-11-8/h4-5H,2-3H2,1H3. The van der Waals surface area contributed by atoms with Gasteiger partial charge in [0, 0.05) is 18.2 Å². The first kappa shape index (κ1) is 12.7. The molecule has 0 aromatic carbocycles. The maximum Gasteiger partial charge on any atom is 0.156 e. The maximum atomic E-state index is 13.2. The molecule has 1 heterocycles. The van der Waals surface area contributed by atoms with Gasteiger partial charge in [0.25, 0.3) is 0 Å². The van der Waals surface area contributed by atoms with E-state index in [2.05, 4.69) is 4.98 Å². The summed E-state index contributed by atoms with van der Waals surface area (Å²) in [5, 5.41) is 0.392. The average Bonchev–Trinajstić information content (AvgIpc) is 2.07. The van der Waals surface area contributed by atoms with Crippen LogP contribution in [0.1, 0.15) is 0 Å². The van der Waals surface area contributed by atoms with Crippen LogP contribution in [0.2, 0.25) is 5.02 Å². The molecule has 0 fully saturated rings. The van der Waals surface area contributed by atoms with E-state index < -0.39 is 15.7 Å². The molecule has 0 aliphatic heterocycles. The van der Waals surface area contributed by atoms with Gasteiger partial charge in [0.15, 0.2) is 5.82 Å². The number of hydrogen-bond donors (Lipinski definition) is 0. The van der Waals surface area contributed by atoms with Crippen molar-refractivity contribution in [1.82, 2.24) is 4.98 Å². The second-order valence-electron chi connectivity index (χ2n) is 2.92. The number of rotatable bonds is 4. The van der Waals surface area contributed by atoms with Crippen LogP contribution in [0.25, 0.3) is 0 Å². The van der Waals surface area contributed by atoms with E-state index in [9.17, 15) is 12.8 Å². The Morgan fingerprint density at radius 1 is 1.60 bits per heavy atom. The van der Waals surface area contributed by atoms with Crippen LogP contribution in [0.15, 0.2) is 17.3 Å². The van der Waals surface area contributed by atoms with Gasteiger partial charge in [-0.25, -0.2) is 17.8 Å². The molecule has 0 N–H and O–H groups in total. The zero-order valence-electron chi connectivity index (χ0n) is 7.91. The molecule has 0 radical (unpaired) electrons. The van der Waals surface area contributed by atoms with Gasteiger partial charge in [-0.1, -0.05) is 11.6 Å². The lowest BCUT2D eigenvalue weighted by Crippen LogP contribution is -2.05. The molecule has 1 aromatic heterocycles. The van der Waals surface area contributed by atoms with Crippen molar-refractivity contribution in [3.63, 3.8) is 0 Å². The van der Waals surface area contributed by atoms with Crippen molar-refractivity contribution in [2.75, 3.05) is 17.8 Å². The van der Waals surface area contributed by atoms with Crippen molar-refractivity contribution in [1.29, 1.82) is 0 Å². The lowest BCUT2D eigenvalue weighted by Gasteiger charge is -2.01. The molecule has 0 aliphatic rings. The second-order valence-corrected chi connectivity index (χ2v) is 6.70. The molecule has 0 spiro atoms. The topological polar surface area (TPSA) is 47.0 Å². The summed E-state index contributed by atoms with van der Waals surface area (Å²) >= 11 is 6.57. The minimum absolute atomic E-state index is 0.00140. The van der Waals surface area contributed by atoms with Gasteiger partial charge in [0.05, 0.1) is 10.8 Å². The predicted molar refractivity (Wildman–Crippen MR) is 59.6 cm³/mol. The Morgan fingerprint density at radius 3 is 2.80 bits per heavy atom. The SMILES string of the molecule is CS(=O)(=O)CCSc1ncc(Cl)cc1F. The van der Waals surface area contributed by atoms with Gasteiger partial charge in [-0.2, -0.15) is 0 Å². The van der Waals surface area contributed by atoms with E-state index in [0.29, 0.717) is 0 Å². The Kier molecular flexibility index (Phi) is 4.36. The van der Waals surface area contributed by atoms with Crippen molar-refractivity contribution in [2.45, 2.75) is 5.03 Å². The van der Waals surface area contributed by atoms with Crippen LogP contribution in [0.3, 0.4) is 0 Å². The van der Waals surface area contributed by atoms with Gasteiger partial charge in [0.1, 0.15) is 14.9 Å². The molecule has 0 amide bonds. The fourth-order valence-corrected chi connectivity index (χ4v) is 3.00. The quantitative estimate of drug-likeness (QED) is 0.785. The van der Waals surface area contributed by atoms with E-state index in [4.69, 9.17) is 11.6 Å². The third kappa shape index (κ3) is 4.81. The van der Waals surface area contributed by atoms with Gasteiger partial charge in [-0.05, 0) is 6.07 Å². The van der Waals surface area contributed by atoms with Crippen LogP contribution >= 0.6 is 23.4 Å². The van der Waals surface area contributed by atoms with Crippen LogP contribution in [0.5, 0.6) is 0 Å². The van der Waals surface area contributed by atoms with Crippen molar-refractivity contribution in [2.24, 2.45) is 0 Å². The van der Waals surface area contributed by atoms with Crippen LogP contribution in [-0.4, -0.2) is 31.2 Å². The van der Waals surface area contributed by atoms with E-state index in [1.54, 1.807) is 0 Å². The molecule has 7 heteroatoms. The molecular formula is C8H9ClFNO2S2. The van der Waals surface area contributed by atoms with Crippen molar-refractivity contribution >= 4 is 33.2 Å². The van der Waals surface area contributed by atoms with E-state index in [1.165, 1.54) is 6.20 Å². The average molecular weight is 270 g/mol. The number of halogens is 2. The normalized spacial score (nSPS) is 11.7. The molecule has 0 saturated heterocycles. The van der Waals surface area contributed by atoms with Crippen molar-refractivity contribution in [3.05, 3.63) is 23.1 Å². The van der Waals surface area contributed by atoms with Gasteiger partial charge in [0.2, 0.25) is 0 Å². The first-order valence-electron chi connectivity index (χ1n) is 4.00. The largest absolute Gasteiger partial charge is 0.245 e. The van der Waals surface area contributed by atoms with Gasteiger partial charge in [-0.15, -0.1) is 11.8 Å². The molecule has 0 atom stereocenters. The summed E-state index contributed by atoms with van der Waals surface area (Å²) in [5.74, 6) is -0.243. The van der Waals surface area contributed by atoms with E-state index in [1.807, 2.05) is 0 Å². The molecule has 0 unspecified atom stereocenters. The van der Waals surface area contributed by atoms with Crippen LogP contribution < -0.4 is 0 Å². The number of nitrogens with zero attached hydrogens (tertiary/aromatic N) is 1. The zero-order chi connectivity index (χ0) is 11.5. The van der Waals surface area contributed by atoms with E-state index >= 15 is 0 Å². The molecule has 3 nitrogen and oxygen atoms in total. The first-order chi connectivity index (χ1) is 6.88. The molecular weight excluding hydrogens is 261 g/mol. The monoisotopic (exact) mass is 269 g/mol. The summed E-state index contributed by atoms with van der Waals surface area (Å²) in [7, 11) is -3.01. The van der Waals surface area contributed by atoms with Crippen LogP contribution in [0, 0.1) is 5.82 Å². The molecule has 0 saturated carbocycles. The Balaban J connectivity index is 2.59. The summed E-state index contributed by atoms with van der Waals surface area (Å²) in [6.07, 6.45) is 2.46. The highest BCUT2D eigenvalue weighted by Gasteiger charge is 2.07. The number of sulfone groups is 1. The number of thioether (sulfide) groups is 1. The molecule has 1 aromatic rings. The highest BCUT2D eigenvalue weighted by molar-refractivity contribution is 8.00. The zero-order valence-corrected chi connectivity index (χ0v) is 10.3. The number of aromatic nitrogens is 1. The van der Waals surface area contributed by atoms with Crippen molar-refractivity contribution in [3.8, 4) is 0 Å². The van der Waals surface area contributed by atoms with Crippen LogP contribution in [-0.2, 0) is 9.84 Å². The Labute approximate surface area is 97.0 Å². The molecule has 15 heavy (non-hydrogen) atoms. The lowest BCUT2D eigenvalue weighted by atomic mass is 10.5. The second kappa shape index (κ2) is 5.14. The number of pyridine rings is 1. The Hall–Kier alpha value is -0.330. The third-order valence-electron chi connectivity index (χ3n) is 1.47. The van der Waals surface area contributed by atoms with Gasteiger partial charge in [-0.3, -0.25) is 0 Å². The molecule has 0 aliphatic carbocycles. The van der Waals surface area contributed by atoms with Crippen molar-refractivity contribution < 1.29 is 12.8 Å². The molecule has 1 rings (SSSR count). The fourth-order valence-electron chi connectivity index (χ4n) is 0.798. The summed E-state index contributed by atoms with van der Waals surface area (Å²) < 4.78 is 34.8. The Morgan fingerprint density at radius 2 is 2.27 bits per heavy atom. The fraction of sp³-hybridized carbons (Fsp3) is 0.375. The Bertz CT molecular complexity index is 450. The summed E-state index contributed by atoms with van der Waals surface area (Å²) in [4.78, 5) is 3.76. The summed E-state index contributed by atoms with van der Waals surface area (Å²) in [6.45, 7) is 0. The van der Waals surface area contributed by atoms with Gasteiger partial charge >= 0.3 is 0 Å². The highest BCUT2D eigenvalue weighted by Crippen LogP contribution is 2.21. The van der Waals surface area contributed by atoms with Gasteiger partial charge < -0.3 is 0 Å². The first-order valence-corrected chi connectivity index (χ1v) is 7.42. The summed E-state index contributed by atoms with van der Waals surface area (Å²) in [5.41, 5.74) is 0.